The van der Waals surface area contributed by atoms with Crippen LogP contribution in [0, 0.1) is 0 Å². The van der Waals surface area contributed by atoms with Crippen LogP contribution in [0.5, 0.6) is 5.75 Å². The Balaban J connectivity index is 0.00000264. The molecule has 0 bridgehead atoms. The van der Waals surface area contributed by atoms with Gasteiger partial charge in [0.25, 0.3) is 5.56 Å². The first-order chi connectivity index (χ1) is 10.6. The summed E-state index contributed by atoms with van der Waals surface area (Å²) in [6.07, 6.45) is 1.76. The smallest absolute Gasteiger partial charge is 0.255 e. The monoisotopic (exact) mass is 428 g/mol. The highest BCUT2D eigenvalue weighted by Crippen LogP contribution is 2.16. The van der Waals surface area contributed by atoms with Gasteiger partial charge in [-0.15, -0.1) is 24.0 Å². The zero-order valence-electron chi connectivity index (χ0n) is 13.2. The molecule has 0 saturated carbocycles. The standard InChI is InChI=1S/C16H20N4O2.HI/c1-3-20-9-5-6-12(15(20)21)11-18-16(17)19-13-7-4-8-14(10-13)22-2;/h4-10H,3,11H2,1-2H3,(H3,17,18,19);1H. The SMILES string of the molecule is CCn1cccc(CN=C(N)Nc2cccc(OC)c2)c1=O.I. The number of aryl methyl sites for hydroxylation is 1. The Kier molecular flexibility index (Phi) is 7.60. The molecule has 0 aliphatic rings. The van der Waals surface area contributed by atoms with Crippen LogP contribution in [0.15, 0.2) is 52.4 Å². The summed E-state index contributed by atoms with van der Waals surface area (Å²) in [6.45, 7) is 2.80. The number of anilines is 1. The van der Waals surface area contributed by atoms with Crippen LogP contribution in [0.2, 0.25) is 0 Å². The molecule has 0 fully saturated rings. The third kappa shape index (κ3) is 5.27. The lowest BCUT2D eigenvalue weighted by Gasteiger charge is -2.08. The van der Waals surface area contributed by atoms with Crippen molar-refractivity contribution >= 4 is 35.6 Å². The maximum absolute atomic E-state index is 12.1. The number of rotatable bonds is 5. The summed E-state index contributed by atoms with van der Waals surface area (Å²) >= 11 is 0. The molecule has 0 aliphatic carbocycles. The van der Waals surface area contributed by atoms with Gasteiger partial charge in [0.15, 0.2) is 5.96 Å². The Labute approximate surface area is 152 Å². The van der Waals surface area contributed by atoms with Crippen LogP contribution in [0.1, 0.15) is 12.5 Å². The Bertz CT molecular complexity index is 728. The van der Waals surface area contributed by atoms with Gasteiger partial charge in [0.05, 0.1) is 13.7 Å². The largest absolute Gasteiger partial charge is 0.497 e. The third-order valence-corrected chi connectivity index (χ3v) is 3.20. The number of ether oxygens (including phenoxy) is 1. The minimum atomic E-state index is -0.0390. The van der Waals surface area contributed by atoms with Gasteiger partial charge in [0.2, 0.25) is 0 Å². The Morgan fingerprint density at radius 2 is 2.13 bits per heavy atom. The first-order valence-electron chi connectivity index (χ1n) is 7.03. The van der Waals surface area contributed by atoms with Crippen LogP contribution in [0.25, 0.3) is 0 Å². The lowest BCUT2D eigenvalue weighted by atomic mass is 10.3. The summed E-state index contributed by atoms with van der Waals surface area (Å²) in [5, 5.41) is 2.97. The fourth-order valence-corrected chi connectivity index (χ4v) is 2.01. The molecule has 0 spiro atoms. The number of nitrogens with one attached hydrogen (secondary N) is 1. The summed E-state index contributed by atoms with van der Waals surface area (Å²) in [5.74, 6) is 0.978. The van der Waals surface area contributed by atoms with Gasteiger partial charge in [-0.2, -0.15) is 0 Å². The molecule has 2 rings (SSSR count). The Morgan fingerprint density at radius 1 is 1.35 bits per heavy atom. The van der Waals surface area contributed by atoms with E-state index in [-0.39, 0.29) is 42.0 Å². The number of nitrogens with two attached hydrogens (primary N) is 1. The molecule has 7 heteroatoms. The zero-order valence-corrected chi connectivity index (χ0v) is 15.5. The quantitative estimate of drug-likeness (QED) is 0.436. The highest BCUT2D eigenvalue weighted by Gasteiger charge is 2.02. The molecule has 1 heterocycles. The fraction of sp³-hybridized carbons (Fsp3) is 0.250. The van der Waals surface area contributed by atoms with Gasteiger partial charge in [-0.1, -0.05) is 12.1 Å². The van der Waals surface area contributed by atoms with E-state index in [1.165, 1.54) is 0 Å². The van der Waals surface area contributed by atoms with Gasteiger partial charge in [-0.05, 0) is 25.1 Å². The lowest BCUT2D eigenvalue weighted by molar-refractivity contribution is 0.415. The molecule has 0 atom stereocenters. The molecule has 0 unspecified atom stereocenters. The normalized spacial score (nSPS) is 10.8. The molecule has 0 radical (unpaired) electrons. The average Bonchev–Trinajstić information content (AvgIpc) is 2.54. The van der Waals surface area contributed by atoms with E-state index < -0.39 is 0 Å². The van der Waals surface area contributed by atoms with Gasteiger partial charge in [0, 0.05) is 30.1 Å². The van der Waals surface area contributed by atoms with Crippen molar-refractivity contribution in [1.82, 2.24) is 4.57 Å². The number of guanidine groups is 1. The summed E-state index contributed by atoms with van der Waals surface area (Å²) in [5.41, 5.74) is 7.20. The number of hydrogen-bond donors (Lipinski definition) is 2. The predicted octanol–water partition coefficient (Wildman–Crippen LogP) is 2.42. The van der Waals surface area contributed by atoms with E-state index in [0.29, 0.717) is 12.1 Å². The van der Waals surface area contributed by atoms with Gasteiger partial charge >= 0.3 is 0 Å². The molecule has 2 aromatic rings. The predicted molar refractivity (Wildman–Crippen MR) is 104 cm³/mol. The molecule has 1 aromatic carbocycles. The molecule has 124 valence electrons. The second-order valence-electron chi connectivity index (χ2n) is 4.68. The van der Waals surface area contributed by atoms with Crippen LogP contribution in [-0.2, 0) is 13.1 Å². The van der Waals surface area contributed by atoms with Crippen molar-refractivity contribution in [1.29, 1.82) is 0 Å². The summed E-state index contributed by atoms with van der Waals surface area (Å²) in [7, 11) is 1.60. The number of aliphatic imine (C=N–C) groups is 1. The molecule has 3 N–H and O–H groups in total. The molecule has 0 saturated heterocycles. The minimum Gasteiger partial charge on any atom is -0.497 e. The van der Waals surface area contributed by atoms with E-state index in [9.17, 15) is 4.79 Å². The summed E-state index contributed by atoms with van der Waals surface area (Å²) in [4.78, 5) is 16.3. The lowest BCUT2D eigenvalue weighted by Crippen LogP contribution is -2.25. The van der Waals surface area contributed by atoms with E-state index in [2.05, 4.69) is 10.3 Å². The van der Waals surface area contributed by atoms with E-state index in [1.54, 1.807) is 23.9 Å². The molecule has 0 aliphatic heterocycles. The van der Waals surface area contributed by atoms with Gasteiger partial charge in [0.1, 0.15) is 5.75 Å². The van der Waals surface area contributed by atoms with E-state index in [1.807, 2.05) is 37.3 Å². The van der Waals surface area contributed by atoms with Crippen LogP contribution in [0.3, 0.4) is 0 Å². The molecule has 0 amide bonds. The van der Waals surface area contributed by atoms with Crippen molar-refractivity contribution in [3.05, 3.63) is 58.5 Å². The van der Waals surface area contributed by atoms with Gasteiger partial charge in [-0.25, -0.2) is 4.99 Å². The zero-order chi connectivity index (χ0) is 15.9. The van der Waals surface area contributed by atoms with Crippen LogP contribution in [0.4, 0.5) is 5.69 Å². The number of halogens is 1. The number of pyridine rings is 1. The van der Waals surface area contributed by atoms with Crippen molar-refractivity contribution in [3.8, 4) is 5.75 Å². The van der Waals surface area contributed by atoms with Crippen LogP contribution < -0.4 is 21.3 Å². The molecular weight excluding hydrogens is 407 g/mol. The molecule has 23 heavy (non-hydrogen) atoms. The molecule has 1 aromatic heterocycles. The minimum absolute atomic E-state index is 0. The third-order valence-electron chi connectivity index (χ3n) is 3.20. The second-order valence-corrected chi connectivity index (χ2v) is 4.68. The highest BCUT2D eigenvalue weighted by molar-refractivity contribution is 14.0. The van der Waals surface area contributed by atoms with Crippen molar-refractivity contribution in [2.75, 3.05) is 12.4 Å². The summed E-state index contributed by atoms with van der Waals surface area (Å²) < 4.78 is 6.78. The topological polar surface area (TPSA) is 81.6 Å². The maximum atomic E-state index is 12.1. The van der Waals surface area contributed by atoms with Crippen molar-refractivity contribution in [2.24, 2.45) is 10.7 Å². The first-order valence-corrected chi connectivity index (χ1v) is 7.03. The Hall–Kier alpha value is -2.03. The van der Waals surface area contributed by atoms with Crippen molar-refractivity contribution in [3.63, 3.8) is 0 Å². The van der Waals surface area contributed by atoms with Crippen molar-refractivity contribution in [2.45, 2.75) is 20.0 Å². The van der Waals surface area contributed by atoms with Crippen LogP contribution in [-0.4, -0.2) is 17.6 Å². The fourth-order valence-electron chi connectivity index (χ4n) is 2.01. The number of hydrogen-bond acceptors (Lipinski definition) is 3. The molecular formula is C16H21IN4O2. The number of nitrogens with zero attached hydrogens (tertiary/aromatic N) is 2. The maximum Gasteiger partial charge on any atom is 0.255 e. The van der Waals surface area contributed by atoms with E-state index >= 15 is 0 Å². The number of aromatic nitrogens is 1. The Morgan fingerprint density at radius 3 is 2.83 bits per heavy atom. The van der Waals surface area contributed by atoms with Gasteiger partial charge in [-0.3, -0.25) is 4.79 Å². The summed E-state index contributed by atoms with van der Waals surface area (Å²) in [6, 6.07) is 11.0. The van der Waals surface area contributed by atoms with Gasteiger partial charge < -0.3 is 20.4 Å². The highest BCUT2D eigenvalue weighted by atomic mass is 127. The van der Waals surface area contributed by atoms with E-state index in [0.717, 1.165) is 11.4 Å². The molecule has 6 nitrogen and oxygen atoms in total. The second kappa shape index (κ2) is 9.19. The van der Waals surface area contributed by atoms with Crippen LogP contribution >= 0.6 is 24.0 Å². The van der Waals surface area contributed by atoms with E-state index in [4.69, 9.17) is 10.5 Å². The number of benzene rings is 1. The first kappa shape index (κ1) is 19.0. The average molecular weight is 428 g/mol. The number of methoxy groups -OCH3 is 1. The van der Waals surface area contributed by atoms with Crippen molar-refractivity contribution < 1.29 is 4.74 Å².